The number of carbonyl (C=O) groups excluding carboxylic acids is 1. The lowest BCUT2D eigenvalue weighted by Gasteiger charge is -2.50. The maximum absolute atomic E-state index is 12.6. The van der Waals surface area contributed by atoms with Crippen LogP contribution in [-0.4, -0.2) is 52.7 Å². The van der Waals surface area contributed by atoms with E-state index in [0.717, 1.165) is 32.4 Å². The Balaban J connectivity index is 1.68. The third-order valence-corrected chi connectivity index (χ3v) is 6.93. The average molecular weight is 352 g/mol. The van der Waals surface area contributed by atoms with Gasteiger partial charge in [-0.2, -0.15) is 0 Å². The second-order valence-electron chi connectivity index (χ2n) is 8.67. The van der Waals surface area contributed by atoms with Crippen molar-refractivity contribution in [3.05, 3.63) is 12.2 Å². The van der Waals surface area contributed by atoms with E-state index in [1.807, 2.05) is 0 Å². The number of likely N-dealkylation sites (N-methyl/N-ethyl adjacent to an activating group) is 1. The number of allylic oxidation sites excluding steroid dienone is 1. The van der Waals surface area contributed by atoms with Crippen LogP contribution in [0.2, 0.25) is 0 Å². The third kappa shape index (κ3) is 3.64. The van der Waals surface area contributed by atoms with E-state index in [2.05, 4.69) is 20.6 Å². The summed E-state index contributed by atoms with van der Waals surface area (Å²) in [5, 5.41) is 0. The fourth-order valence-corrected chi connectivity index (χ4v) is 5.50. The summed E-state index contributed by atoms with van der Waals surface area (Å²) < 4.78 is 16.4. The molecule has 5 heteroatoms. The minimum atomic E-state index is -0.235. The molecule has 1 N–H and O–H groups in total. The molecule has 1 unspecified atom stereocenters. The number of methoxy groups -OCH3 is 2. The number of esters is 1. The molecule has 5 nitrogen and oxygen atoms in total. The molecule has 2 saturated carbocycles. The van der Waals surface area contributed by atoms with Crippen LogP contribution in [0.1, 0.15) is 39.0 Å². The summed E-state index contributed by atoms with van der Waals surface area (Å²) in [4.78, 5) is 13.8. The van der Waals surface area contributed by atoms with Crippen molar-refractivity contribution < 1.29 is 23.9 Å². The van der Waals surface area contributed by atoms with E-state index < -0.39 is 0 Å². The first-order chi connectivity index (χ1) is 11.9. The van der Waals surface area contributed by atoms with Crippen molar-refractivity contribution in [3.8, 4) is 0 Å². The highest BCUT2D eigenvalue weighted by atomic mass is 16.7. The molecule has 3 aliphatic rings. The first-order valence-corrected chi connectivity index (χ1v) is 9.63. The number of ether oxygens (including phenoxy) is 3. The van der Waals surface area contributed by atoms with Gasteiger partial charge in [-0.25, -0.2) is 0 Å². The van der Waals surface area contributed by atoms with Crippen LogP contribution >= 0.6 is 0 Å². The Morgan fingerprint density at radius 1 is 1.40 bits per heavy atom. The summed E-state index contributed by atoms with van der Waals surface area (Å²) in [7, 11) is 5.40. The van der Waals surface area contributed by atoms with Crippen LogP contribution in [0.5, 0.6) is 0 Å². The van der Waals surface area contributed by atoms with Gasteiger partial charge in [-0.1, -0.05) is 19.1 Å². The van der Waals surface area contributed by atoms with Gasteiger partial charge in [0.05, 0.1) is 13.6 Å². The summed E-state index contributed by atoms with van der Waals surface area (Å²) in [6.45, 7) is 8.24. The van der Waals surface area contributed by atoms with E-state index in [1.54, 1.807) is 14.2 Å². The molecular formula is C20H34NO4+. The summed E-state index contributed by atoms with van der Waals surface area (Å²) in [5.41, 5.74) is 1.66. The molecular weight excluding hydrogens is 318 g/mol. The van der Waals surface area contributed by atoms with Crippen LogP contribution in [0.3, 0.4) is 0 Å². The van der Waals surface area contributed by atoms with Crippen molar-refractivity contribution in [1.29, 1.82) is 0 Å². The molecule has 2 aliphatic carbocycles. The van der Waals surface area contributed by atoms with Gasteiger partial charge in [0.25, 0.3) is 0 Å². The van der Waals surface area contributed by atoms with Crippen LogP contribution < -0.4 is 4.90 Å². The zero-order valence-corrected chi connectivity index (χ0v) is 16.2. The first-order valence-electron chi connectivity index (χ1n) is 9.63. The molecule has 0 aromatic rings. The minimum absolute atomic E-state index is 0.00593. The first kappa shape index (κ1) is 18.9. The monoisotopic (exact) mass is 352 g/mol. The summed E-state index contributed by atoms with van der Waals surface area (Å²) in [6, 6.07) is 0. The van der Waals surface area contributed by atoms with E-state index in [0.29, 0.717) is 11.8 Å². The van der Waals surface area contributed by atoms with Gasteiger partial charge < -0.3 is 19.1 Å². The van der Waals surface area contributed by atoms with Gasteiger partial charge in [0.15, 0.2) is 0 Å². The maximum Gasteiger partial charge on any atom is 0.315 e. The predicted octanol–water partition coefficient (Wildman–Crippen LogP) is 1.43. The molecule has 1 heterocycles. The number of rotatable bonds is 6. The van der Waals surface area contributed by atoms with Gasteiger partial charge in [-0.05, 0) is 43.4 Å². The van der Waals surface area contributed by atoms with Crippen molar-refractivity contribution in [1.82, 2.24) is 0 Å². The fraction of sp³-hybridized carbons (Fsp3) is 0.850. The molecule has 0 aromatic carbocycles. The highest BCUT2D eigenvalue weighted by Gasteiger charge is 2.55. The zero-order valence-electron chi connectivity index (χ0n) is 16.2. The highest BCUT2D eigenvalue weighted by Crippen LogP contribution is 2.56. The molecule has 3 rings (SSSR count). The fourth-order valence-electron chi connectivity index (χ4n) is 5.50. The van der Waals surface area contributed by atoms with E-state index in [-0.39, 0.29) is 29.7 Å². The molecule has 0 spiro atoms. The second-order valence-corrected chi connectivity index (χ2v) is 8.67. The molecule has 25 heavy (non-hydrogen) atoms. The molecule has 0 bridgehead atoms. The largest absolute Gasteiger partial charge is 0.462 e. The van der Waals surface area contributed by atoms with Gasteiger partial charge in [-0.15, -0.1) is 0 Å². The normalized spacial score (nSPS) is 39.1. The van der Waals surface area contributed by atoms with Gasteiger partial charge >= 0.3 is 5.97 Å². The van der Waals surface area contributed by atoms with Crippen molar-refractivity contribution in [2.45, 2.75) is 51.4 Å². The van der Waals surface area contributed by atoms with Crippen molar-refractivity contribution >= 4 is 5.97 Å². The van der Waals surface area contributed by atoms with Gasteiger partial charge in [0, 0.05) is 20.1 Å². The average Bonchev–Trinajstić information content (AvgIpc) is 2.85. The van der Waals surface area contributed by atoms with Crippen LogP contribution in [0, 0.1) is 23.2 Å². The number of quaternary nitrogens is 1. The Bertz CT molecular complexity index is 518. The summed E-state index contributed by atoms with van der Waals surface area (Å²) in [5.74, 6) is 0.858. The molecule has 6 atom stereocenters. The van der Waals surface area contributed by atoms with Gasteiger partial charge in [-0.3, -0.25) is 4.79 Å². The lowest BCUT2D eigenvalue weighted by atomic mass is 9.55. The Morgan fingerprint density at radius 2 is 2.12 bits per heavy atom. The molecule has 1 saturated heterocycles. The molecule has 0 amide bonds. The predicted molar refractivity (Wildman–Crippen MR) is 95.1 cm³/mol. The molecule has 142 valence electrons. The Labute approximate surface area is 151 Å². The highest BCUT2D eigenvalue weighted by molar-refractivity contribution is 5.75. The number of carbonyl (C=O) groups is 1. The van der Waals surface area contributed by atoms with Crippen LogP contribution in [0.25, 0.3) is 0 Å². The smallest absolute Gasteiger partial charge is 0.315 e. The second kappa shape index (κ2) is 7.37. The van der Waals surface area contributed by atoms with Gasteiger partial charge in [0.1, 0.15) is 18.6 Å². The Morgan fingerprint density at radius 3 is 2.80 bits per heavy atom. The van der Waals surface area contributed by atoms with E-state index in [1.165, 1.54) is 23.3 Å². The lowest BCUT2D eigenvalue weighted by Crippen LogP contribution is -3.11. The lowest BCUT2D eigenvalue weighted by molar-refractivity contribution is -0.888. The number of hydrogen-bond acceptors (Lipinski definition) is 4. The van der Waals surface area contributed by atoms with Gasteiger partial charge in [0.2, 0.25) is 6.29 Å². The maximum atomic E-state index is 12.6. The van der Waals surface area contributed by atoms with Crippen LogP contribution in [0.4, 0.5) is 0 Å². The van der Waals surface area contributed by atoms with Crippen LogP contribution in [-0.2, 0) is 19.0 Å². The Kier molecular flexibility index (Phi) is 5.57. The van der Waals surface area contributed by atoms with E-state index in [9.17, 15) is 4.79 Å². The quantitative estimate of drug-likeness (QED) is 0.446. The number of fused-ring (bicyclic) bond motifs is 2. The summed E-state index contributed by atoms with van der Waals surface area (Å²) in [6.07, 6.45) is 5.52. The van der Waals surface area contributed by atoms with Crippen molar-refractivity contribution in [2.75, 3.05) is 34.4 Å². The van der Waals surface area contributed by atoms with E-state index >= 15 is 0 Å². The molecule has 0 aromatic heterocycles. The van der Waals surface area contributed by atoms with Crippen LogP contribution in [0.15, 0.2) is 12.2 Å². The SMILES string of the molecule is C=C1CCC[C@]2(C)C[C@H]3OC(=O)[C@H](C[NH+](C)CC(OC)OC)[C@H]3C[C@@H]12. The number of hydrogen-bond donors (Lipinski definition) is 1. The minimum Gasteiger partial charge on any atom is -0.462 e. The molecule has 3 fully saturated rings. The third-order valence-electron chi connectivity index (χ3n) is 6.93. The number of nitrogens with one attached hydrogen (secondary N) is 1. The summed E-state index contributed by atoms with van der Waals surface area (Å²) >= 11 is 0. The molecule has 0 radical (unpaired) electrons. The topological polar surface area (TPSA) is 49.2 Å². The zero-order chi connectivity index (χ0) is 18.2. The van der Waals surface area contributed by atoms with Crippen molar-refractivity contribution in [3.63, 3.8) is 0 Å². The Hall–Kier alpha value is -0.910. The standard InChI is InChI=1S/C20H33NO4/c1-13-7-6-8-20(2)10-17-14(9-16(13)20)15(19(22)25-17)11-21(3)12-18(23-4)24-5/h14-18H,1,6-12H2,2-5H3/p+1/t14-,15-,16+,17-,20-/m1/s1. The molecule has 1 aliphatic heterocycles. The van der Waals surface area contributed by atoms with E-state index in [4.69, 9.17) is 14.2 Å². The van der Waals surface area contributed by atoms with Crippen molar-refractivity contribution in [2.24, 2.45) is 23.2 Å².